The van der Waals surface area contributed by atoms with Crippen LogP contribution in [-0.4, -0.2) is 54.3 Å². The summed E-state index contributed by atoms with van der Waals surface area (Å²) in [5.74, 6) is -0.540. The van der Waals surface area contributed by atoms with E-state index in [4.69, 9.17) is 9.47 Å². The van der Waals surface area contributed by atoms with Crippen LogP contribution in [-0.2, 0) is 4.74 Å². The number of rotatable bonds is 5. The molecule has 1 aliphatic rings. The quantitative estimate of drug-likeness (QED) is 0.844. The average Bonchev–Trinajstić information content (AvgIpc) is 2.49. The van der Waals surface area contributed by atoms with E-state index in [1.54, 1.807) is 6.07 Å². The lowest BCUT2D eigenvalue weighted by atomic mass is 10.0. The highest BCUT2D eigenvalue weighted by atomic mass is 31.0. The van der Waals surface area contributed by atoms with Gasteiger partial charge in [-0.1, -0.05) is 6.07 Å². The molecule has 1 fully saturated rings. The number of carboxylic acids is 1. The summed E-state index contributed by atoms with van der Waals surface area (Å²) >= 11 is 0. The van der Waals surface area contributed by atoms with Crippen LogP contribution in [0.1, 0.15) is 28.4 Å². The number of morpholine rings is 1. The van der Waals surface area contributed by atoms with E-state index >= 15 is 0 Å². The summed E-state index contributed by atoms with van der Waals surface area (Å²) in [7, 11) is 3.69. The summed E-state index contributed by atoms with van der Waals surface area (Å²) in [6.07, 6.45) is 0. The smallest absolute Gasteiger partial charge is 0.339 e. The molecule has 1 N–H and O–H groups in total. The van der Waals surface area contributed by atoms with Crippen LogP contribution in [0, 0.1) is 6.92 Å². The van der Waals surface area contributed by atoms with Crippen molar-refractivity contribution in [2.45, 2.75) is 13.8 Å². The van der Waals surface area contributed by atoms with Gasteiger partial charge >= 0.3 is 5.97 Å². The Morgan fingerprint density at radius 2 is 2.00 bits per heavy atom. The van der Waals surface area contributed by atoms with Gasteiger partial charge in [-0.3, -0.25) is 4.90 Å². The zero-order chi connectivity index (χ0) is 15.4. The van der Waals surface area contributed by atoms with Crippen LogP contribution in [0.2, 0.25) is 0 Å². The van der Waals surface area contributed by atoms with Gasteiger partial charge in [0.25, 0.3) is 0 Å². The summed E-state index contributed by atoms with van der Waals surface area (Å²) in [6.45, 7) is 7.16. The highest BCUT2D eigenvalue weighted by molar-refractivity contribution is 7.21. The number of hydrogen-bond acceptors (Lipinski definition) is 3. The van der Waals surface area contributed by atoms with Crippen molar-refractivity contribution in [3.63, 3.8) is 0 Å². The molecule has 0 saturated carbocycles. The molecule has 0 amide bonds. The van der Waals surface area contributed by atoms with Crippen molar-refractivity contribution in [2.24, 2.45) is 0 Å². The SMILES string of the molecule is CCOc1c(C(=O)O)ccc(C(=P)N2CCOCC2)c1C. The Kier molecular flexibility index (Phi) is 5.34. The Bertz CT molecular complexity index is 553. The van der Waals surface area contributed by atoms with Crippen LogP contribution in [0.25, 0.3) is 0 Å². The van der Waals surface area contributed by atoms with Gasteiger partial charge in [-0.05, 0) is 19.9 Å². The lowest BCUT2D eigenvalue weighted by Crippen LogP contribution is -2.40. The van der Waals surface area contributed by atoms with Gasteiger partial charge in [-0.2, -0.15) is 0 Å². The minimum Gasteiger partial charge on any atom is -0.493 e. The maximum absolute atomic E-state index is 11.3. The molecule has 6 heteroatoms. The van der Waals surface area contributed by atoms with E-state index < -0.39 is 5.97 Å². The minimum atomic E-state index is -0.977. The summed E-state index contributed by atoms with van der Waals surface area (Å²) < 4.78 is 10.9. The Morgan fingerprint density at radius 1 is 1.38 bits per heavy atom. The summed E-state index contributed by atoms with van der Waals surface area (Å²) in [5.41, 5.74) is 2.91. The molecule has 0 atom stereocenters. The predicted octanol–water partition coefficient (Wildman–Crippen LogP) is 2.04. The molecule has 1 aliphatic heterocycles. The van der Waals surface area contributed by atoms with Gasteiger partial charge in [0, 0.05) is 29.6 Å². The third-order valence-electron chi connectivity index (χ3n) is 3.51. The van der Waals surface area contributed by atoms with E-state index in [0.29, 0.717) is 25.6 Å². The predicted molar refractivity (Wildman–Crippen MR) is 84.1 cm³/mol. The van der Waals surface area contributed by atoms with Gasteiger partial charge in [0.1, 0.15) is 11.3 Å². The van der Waals surface area contributed by atoms with Crippen LogP contribution in [0.15, 0.2) is 12.1 Å². The molecule has 0 unspecified atom stereocenters. The van der Waals surface area contributed by atoms with Crippen molar-refractivity contribution in [2.75, 3.05) is 32.9 Å². The Hall–Kier alpha value is -1.42. The molecule has 0 radical (unpaired) electrons. The van der Waals surface area contributed by atoms with Crippen molar-refractivity contribution >= 4 is 20.3 Å². The van der Waals surface area contributed by atoms with Gasteiger partial charge in [0.2, 0.25) is 0 Å². The van der Waals surface area contributed by atoms with Crippen molar-refractivity contribution in [3.05, 3.63) is 28.8 Å². The lowest BCUT2D eigenvalue weighted by molar-refractivity contribution is 0.0692. The largest absolute Gasteiger partial charge is 0.493 e. The number of carboxylic acid groups (broad SMARTS) is 1. The Balaban J connectivity index is 2.37. The van der Waals surface area contributed by atoms with Crippen molar-refractivity contribution in [3.8, 4) is 5.75 Å². The number of nitrogens with zero attached hydrogens (tertiary/aromatic N) is 1. The van der Waals surface area contributed by atoms with Gasteiger partial charge in [0.15, 0.2) is 0 Å². The maximum Gasteiger partial charge on any atom is 0.339 e. The molecule has 2 rings (SSSR count). The first kappa shape index (κ1) is 16.0. The fourth-order valence-corrected chi connectivity index (χ4v) is 2.90. The molecule has 21 heavy (non-hydrogen) atoms. The molecule has 5 nitrogen and oxygen atoms in total. The van der Waals surface area contributed by atoms with Crippen LogP contribution in [0.4, 0.5) is 0 Å². The van der Waals surface area contributed by atoms with Crippen molar-refractivity contribution < 1.29 is 19.4 Å². The Morgan fingerprint density at radius 3 is 2.57 bits per heavy atom. The molecular formula is C15H20NO4P. The molecular weight excluding hydrogens is 289 g/mol. The summed E-state index contributed by atoms with van der Waals surface area (Å²) in [6, 6.07) is 3.41. The van der Waals surface area contributed by atoms with Crippen LogP contribution in [0.3, 0.4) is 0 Å². The van der Waals surface area contributed by atoms with E-state index in [0.717, 1.165) is 29.6 Å². The second-order valence-corrected chi connectivity index (χ2v) is 5.27. The molecule has 114 valence electrons. The van der Waals surface area contributed by atoms with E-state index in [1.165, 1.54) is 0 Å². The molecule has 1 aromatic rings. The fraction of sp³-hybridized carbons (Fsp3) is 0.467. The van der Waals surface area contributed by atoms with Gasteiger partial charge < -0.3 is 14.6 Å². The van der Waals surface area contributed by atoms with E-state index in [1.807, 2.05) is 19.9 Å². The molecule has 1 heterocycles. The number of aromatic carboxylic acids is 1. The first-order chi connectivity index (χ1) is 10.1. The number of carbonyl (C=O) groups is 1. The number of ether oxygens (including phenoxy) is 2. The van der Waals surface area contributed by atoms with Gasteiger partial charge in [-0.15, -0.1) is 8.86 Å². The second-order valence-electron chi connectivity index (χ2n) is 4.80. The maximum atomic E-state index is 11.3. The minimum absolute atomic E-state index is 0.194. The van der Waals surface area contributed by atoms with Crippen LogP contribution in [0.5, 0.6) is 5.75 Å². The first-order valence-electron chi connectivity index (χ1n) is 6.97. The Labute approximate surface area is 126 Å². The lowest BCUT2D eigenvalue weighted by Gasteiger charge is -2.29. The number of hydrogen-bond donors (Lipinski definition) is 1. The van der Waals surface area contributed by atoms with Gasteiger partial charge in [-0.25, -0.2) is 4.79 Å². The van der Waals surface area contributed by atoms with Crippen LogP contribution < -0.4 is 4.74 Å². The van der Waals surface area contributed by atoms with Gasteiger partial charge in [0.05, 0.1) is 19.8 Å². The average molecular weight is 309 g/mol. The topological polar surface area (TPSA) is 59.0 Å². The van der Waals surface area contributed by atoms with E-state index in [9.17, 15) is 9.90 Å². The third kappa shape index (κ3) is 3.43. The fourth-order valence-electron chi connectivity index (χ4n) is 2.40. The standard InChI is InChI=1S/C15H20NO4P/c1-3-20-13-10(2)11(4-5-12(13)15(17)18)14(21)16-6-8-19-9-7-16/h4-5,21H,3,6-9H2,1-2H3,(H,17,18). The van der Waals surface area contributed by atoms with Crippen LogP contribution >= 0.6 is 8.86 Å². The van der Waals surface area contributed by atoms with E-state index in [-0.39, 0.29) is 5.56 Å². The molecule has 1 saturated heterocycles. The summed E-state index contributed by atoms with van der Waals surface area (Å²) in [4.78, 5) is 13.5. The molecule has 0 aliphatic carbocycles. The molecule has 1 aromatic carbocycles. The highest BCUT2D eigenvalue weighted by Crippen LogP contribution is 2.28. The van der Waals surface area contributed by atoms with Crippen molar-refractivity contribution in [1.82, 2.24) is 4.90 Å². The first-order valence-corrected chi connectivity index (χ1v) is 7.47. The number of benzene rings is 1. The van der Waals surface area contributed by atoms with Crippen molar-refractivity contribution in [1.29, 1.82) is 0 Å². The zero-order valence-electron chi connectivity index (χ0n) is 12.3. The normalized spacial score (nSPS) is 15.7. The molecule has 0 aromatic heterocycles. The third-order valence-corrected chi connectivity index (χ3v) is 4.09. The monoisotopic (exact) mass is 309 g/mol. The molecule has 0 bridgehead atoms. The second kappa shape index (κ2) is 7.03. The highest BCUT2D eigenvalue weighted by Gasteiger charge is 2.21. The van der Waals surface area contributed by atoms with E-state index in [2.05, 4.69) is 13.8 Å². The molecule has 0 spiro atoms. The zero-order valence-corrected chi connectivity index (χ0v) is 13.3. The summed E-state index contributed by atoms with van der Waals surface area (Å²) in [5, 5.41) is 9.27.